The zero-order valence-corrected chi connectivity index (χ0v) is 16.4. The fourth-order valence-electron chi connectivity index (χ4n) is 4.05. The number of thioether (sulfide) groups is 1. The van der Waals surface area contributed by atoms with Crippen molar-refractivity contribution in [1.29, 1.82) is 0 Å². The van der Waals surface area contributed by atoms with Crippen LogP contribution in [0.2, 0.25) is 0 Å². The number of amides is 3. The maximum Gasteiger partial charge on any atom is 0.293 e. The van der Waals surface area contributed by atoms with Crippen molar-refractivity contribution in [2.24, 2.45) is 17.8 Å². The summed E-state index contributed by atoms with van der Waals surface area (Å²) >= 11 is 0.926. The highest BCUT2D eigenvalue weighted by atomic mass is 32.2. The minimum Gasteiger partial charge on any atom is -0.497 e. The zero-order valence-electron chi connectivity index (χ0n) is 15.6. The Kier molecular flexibility index (Phi) is 5.26. The van der Waals surface area contributed by atoms with Crippen LogP contribution in [-0.4, -0.2) is 42.2 Å². The molecule has 0 spiro atoms. The molecule has 2 fully saturated rings. The Morgan fingerprint density at radius 1 is 1.25 bits per heavy atom. The standard InChI is InChI=1S/C21H22N2O4S/c1-27-16-6-3-13(4-7-16)12-18-20(25)23(21(26)28-18)9-8-22-19(24)17-11-14-2-5-15(17)10-14/h2-7,12,14-15,17H,8-11H2,1H3,(H,22,24)/b18-12-/t14-,15+,17-/m1/s1. The van der Waals surface area contributed by atoms with Crippen LogP contribution in [0.1, 0.15) is 18.4 Å². The number of nitrogens with one attached hydrogen (secondary N) is 1. The number of carbonyl (C=O) groups is 3. The van der Waals surface area contributed by atoms with Crippen molar-refractivity contribution in [2.45, 2.75) is 12.8 Å². The maximum absolute atomic E-state index is 12.5. The summed E-state index contributed by atoms with van der Waals surface area (Å²) < 4.78 is 5.12. The van der Waals surface area contributed by atoms with Gasteiger partial charge < -0.3 is 10.1 Å². The molecule has 1 aliphatic heterocycles. The molecule has 0 radical (unpaired) electrons. The Hall–Kier alpha value is -2.54. The first kappa shape index (κ1) is 18.8. The minimum atomic E-state index is -0.317. The third kappa shape index (κ3) is 3.71. The highest BCUT2D eigenvalue weighted by molar-refractivity contribution is 8.18. The molecular formula is C21H22N2O4S. The van der Waals surface area contributed by atoms with Gasteiger partial charge in [0.25, 0.3) is 11.1 Å². The maximum atomic E-state index is 12.5. The smallest absolute Gasteiger partial charge is 0.293 e. The van der Waals surface area contributed by atoms with Gasteiger partial charge in [-0.25, -0.2) is 0 Å². The number of imide groups is 1. The van der Waals surface area contributed by atoms with E-state index in [4.69, 9.17) is 4.74 Å². The average molecular weight is 398 g/mol. The highest BCUT2D eigenvalue weighted by Crippen LogP contribution is 2.43. The first-order chi connectivity index (χ1) is 13.5. The van der Waals surface area contributed by atoms with Crippen LogP contribution in [-0.2, 0) is 9.59 Å². The Labute approximate surface area is 168 Å². The highest BCUT2D eigenvalue weighted by Gasteiger charge is 2.40. The second-order valence-electron chi connectivity index (χ2n) is 7.28. The number of rotatable bonds is 6. The van der Waals surface area contributed by atoms with Gasteiger partial charge in [0.1, 0.15) is 5.75 Å². The summed E-state index contributed by atoms with van der Waals surface area (Å²) in [6.07, 6.45) is 8.00. The lowest BCUT2D eigenvalue weighted by molar-refractivity contribution is -0.127. The lowest BCUT2D eigenvalue weighted by atomic mass is 9.93. The molecule has 2 bridgehead atoms. The largest absolute Gasteiger partial charge is 0.497 e. The van der Waals surface area contributed by atoms with Crippen LogP contribution in [0, 0.1) is 17.8 Å². The summed E-state index contributed by atoms with van der Waals surface area (Å²) in [7, 11) is 1.59. The third-order valence-corrected chi connectivity index (χ3v) is 6.44. The molecule has 146 valence electrons. The van der Waals surface area contributed by atoms with Gasteiger partial charge in [-0.1, -0.05) is 24.3 Å². The van der Waals surface area contributed by atoms with Gasteiger partial charge in [-0.3, -0.25) is 19.3 Å². The second-order valence-corrected chi connectivity index (χ2v) is 8.28. The van der Waals surface area contributed by atoms with Crippen LogP contribution in [0.3, 0.4) is 0 Å². The zero-order chi connectivity index (χ0) is 19.7. The molecular weight excluding hydrogens is 376 g/mol. The summed E-state index contributed by atoms with van der Waals surface area (Å²) in [6, 6.07) is 7.26. The van der Waals surface area contributed by atoms with Crippen molar-refractivity contribution in [3.8, 4) is 5.75 Å². The lowest BCUT2D eigenvalue weighted by Crippen LogP contribution is -2.40. The number of hydrogen-bond acceptors (Lipinski definition) is 5. The fourth-order valence-corrected chi connectivity index (χ4v) is 4.91. The van der Waals surface area contributed by atoms with E-state index in [0.29, 0.717) is 16.7 Å². The van der Waals surface area contributed by atoms with Crippen LogP contribution in [0.5, 0.6) is 5.75 Å². The van der Waals surface area contributed by atoms with Crippen molar-refractivity contribution < 1.29 is 19.1 Å². The van der Waals surface area contributed by atoms with Crippen molar-refractivity contribution >= 4 is 34.9 Å². The van der Waals surface area contributed by atoms with E-state index >= 15 is 0 Å². The second kappa shape index (κ2) is 7.83. The average Bonchev–Trinajstić information content (AvgIpc) is 3.40. The van der Waals surface area contributed by atoms with Gasteiger partial charge in [0, 0.05) is 19.0 Å². The van der Waals surface area contributed by atoms with Crippen LogP contribution in [0.25, 0.3) is 6.08 Å². The number of allylic oxidation sites excluding steroid dienone is 2. The topological polar surface area (TPSA) is 75.7 Å². The Morgan fingerprint density at radius 3 is 2.68 bits per heavy atom. The van der Waals surface area contributed by atoms with E-state index in [-0.39, 0.29) is 36.1 Å². The summed E-state index contributed by atoms with van der Waals surface area (Å²) in [5.74, 6) is 1.34. The van der Waals surface area contributed by atoms with Gasteiger partial charge in [0.15, 0.2) is 0 Å². The number of hydrogen-bond donors (Lipinski definition) is 1. The molecule has 1 aromatic rings. The lowest BCUT2D eigenvalue weighted by Gasteiger charge is -2.19. The normalized spacial score (nSPS) is 27.1. The van der Waals surface area contributed by atoms with Gasteiger partial charge >= 0.3 is 0 Å². The molecule has 0 unspecified atom stereocenters. The van der Waals surface area contributed by atoms with E-state index in [1.165, 1.54) is 4.90 Å². The number of benzene rings is 1. The van der Waals surface area contributed by atoms with Gasteiger partial charge in [-0.05, 0) is 60.2 Å². The van der Waals surface area contributed by atoms with Gasteiger partial charge in [0.2, 0.25) is 5.91 Å². The molecule has 6 nitrogen and oxygen atoms in total. The molecule has 1 heterocycles. The predicted molar refractivity (Wildman–Crippen MR) is 108 cm³/mol. The van der Waals surface area contributed by atoms with E-state index in [2.05, 4.69) is 17.5 Å². The van der Waals surface area contributed by atoms with E-state index in [1.54, 1.807) is 25.3 Å². The van der Waals surface area contributed by atoms with E-state index in [0.717, 1.165) is 35.9 Å². The molecule has 1 aromatic carbocycles. The number of fused-ring (bicyclic) bond motifs is 2. The third-order valence-electron chi connectivity index (χ3n) is 5.54. The monoisotopic (exact) mass is 398 g/mol. The molecule has 3 aliphatic rings. The Balaban J connectivity index is 1.32. The minimum absolute atomic E-state index is 0.0256. The van der Waals surface area contributed by atoms with Gasteiger partial charge in [-0.15, -0.1) is 0 Å². The van der Waals surface area contributed by atoms with Crippen molar-refractivity contribution in [3.05, 3.63) is 46.9 Å². The molecule has 1 N–H and O–H groups in total. The SMILES string of the molecule is COc1ccc(/C=C2\SC(=O)N(CCNC(=O)[C@@H]3C[C@@H]4C=C[C@H]3C4)C2=O)cc1. The van der Waals surface area contributed by atoms with Crippen LogP contribution >= 0.6 is 11.8 Å². The number of methoxy groups -OCH3 is 1. The number of carbonyl (C=O) groups excluding carboxylic acids is 3. The predicted octanol–water partition coefficient (Wildman–Crippen LogP) is 3.06. The quantitative estimate of drug-likeness (QED) is 0.589. The molecule has 1 saturated carbocycles. The molecule has 2 aliphatic carbocycles. The molecule has 3 amide bonds. The molecule has 0 aromatic heterocycles. The van der Waals surface area contributed by atoms with E-state index in [1.807, 2.05) is 12.1 Å². The first-order valence-electron chi connectivity index (χ1n) is 9.40. The fraction of sp³-hybridized carbons (Fsp3) is 0.381. The first-order valence-corrected chi connectivity index (χ1v) is 10.2. The molecule has 7 heteroatoms. The molecule has 28 heavy (non-hydrogen) atoms. The van der Waals surface area contributed by atoms with Crippen molar-refractivity contribution in [3.63, 3.8) is 0 Å². The van der Waals surface area contributed by atoms with E-state index < -0.39 is 0 Å². The Bertz CT molecular complexity index is 862. The Morgan fingerprint density at radius 2 is 2.04 bits per heavy atom. The summed E-state index contributed by atoms with van der Waals surface area (Å²) in [4.78, 5) is 38.7. The van der Waals surface area contributed by atoms with Crippen LogP contribution in [0.4, 0.5) is 4.79 Å². The molecule has 1 saturated heterocycles. The molecule has 4 rings (SSSR count). The summed E-state index contributed by atoms with van der Waals surface area (Å²) in [6.45, 7) is 0.470. The van der Waals surface area contributed by atoms with Gasteiger partial charge in [-0.2, -0.15) is 0 Å². The summed E-state index contributed by atoms with van der Waals surface area (Å²) in [5.41, 5.74) is 0.823. The van der Waals surface area contributed by atoms with E-state index in [9.17, 15) is 14.4 Å². The van der Waals surface area contributed by atoms with Gasteiger partial charge in [0.05, 0.1) is 12.0 Å². The number of ether oxygens (including phenoxy) is 1. The molecule has 3 atom stereocenters. The van der Waals surface area contributed by atoms with Crippen LogP contribution < -0.4 is 10.1 Å². The number of nitrogens with zero attached hydrogens (tertiary/aromatic N) is 1. The van der Waals surface area contributed by atoms with Crippen molar-refractivity contribution in [2.75, 3.05) is 20.2 Å². The summed E-state index contributed by atoms with van der Waals surface area (Å²) in [5, 5.41) is 2.59. The van der Waals surface area contributed by atoms with Crippen LogP contribution in [0.15, 0.2) is 41.3 Å². The van der Waals surface area contributed by atoms with Crippen molar-refractivity contribution in [1.82, 2.24) is 10.2 Å².